The van der Waals surface area contributed by atoms with E-state index in [4.69, 9.17) is 4.74 Å². The fourth-order valence-corrected chi connectivity index (χ4v) is 3.54. The van der Waals surface area contributed by atoms with Crippen molar-refractivity contribution in [3.63, 3.8) is 0 Å². The summed E-state index contributed by atoms with van der Waals surface area (Å²) in [6, 6.07) is 6.58. The molecule has 0 unspecified atom stereocenters. The van der Waals surface area contributed by atoms with Crippen LogP contribution in [0.25, 0.3) is 0 Å². The number of aryl methyl sites for hydroxylation is 1. The molecule has 1 saturated carbocycles. The van der Waals surface area contributed by atoms with Gasteiger partial charge in [0.15, 0.2) is 6.61 Å². The van der Waals surface area contributed by atoms with Gasteiger partial charge in [0.05, 0.1) is 0 Å². The van der Waals surface area contributed by atoms with Gasteiger partial charge in [0.25, 0.3) is 5.91 Å². The van der Waals surface area contributed by atoms with E-state index in [1.807, 2.05) is 12.1 Å². The lowest BCUT2D eigenvalue weighted by Gasteiger charge is -2.23. The second kappa shape index (κ2) is 6.97. The predicted molar refractivity (Wildman–Crippen MR) is 83.6 cm³/mol. The van der Waals surface area contributed by atoms with Crippen molar-refractivity contribution in [1.29, 1.82) is 0 Å². The highest BCUT2D eigenvalue weighted by Gasteiger charge is 2.17. The largest absolute Gasteiger partial charge is 0.483 e. The van der Waals surface area contributed by atoms with E-state index in [0.29, 0.717) is 6.04 Å². The average molecular weight is 287 g/mol. The Bertz CT molecular complexity index is 492. The van der Waals surface area contributed by atoms with Crippen molar-refractivity contribution in [1.82, 2.24) is 5.32 Å². The maximum absolute atomic E-state index is 12.0. The summed E-state index contributed by atoms with van der Waals surface area (Å²) in [6.07, 6.45) is 10.7. The molecular weight excluding hydrogens is 262 g/mol. The van der Waals surface area contributed by atoms with Crippen molar-refractivity contribution in [2.75, 3.05) is 6.61 Å². The van der Waals surface area contributed by atoms with Gasteiger partial charge in [-0.05, 0) is 55.7 Å². The van der Waals surface area contributed by atoms with E-state index in [-0.39, 0.29) is 12.5 Å². The summed E-state index contributed by atoms with van der Waals surface area (Å²) >= 11 is 0. The van der Waals surface area contributed by atoms with Crippen LogP contribution in [0.2, 0.25) is 0 Å². The molecule has 1 aromatic rings. The van der Waals surface area contributed by atoms with Crippen LogP contribution in [0, 0.1) is 0 Å². The molecule has 0 aliphatic heterocycles. The minimum atomic E-state index is 0.0234. The van der Waals surface area contributed by atoms with E-state index in [1.165, 1.54) is 43.2 Å². The SMILES string of the molecule is O=C(COc1cccc2c1CCCC2)NC1CCCCC1. The molecule has 1 N–H and O–H groups in total. The third-order valence-electron chi connectivity index (χ3n) is 4.68. The summed E-state index contributed by atoms with van der Waals surface area (Å²) in [5.74, 6) is 0.932. The number of amides is 1. The summed E-state index contributed by atoms with van der Waals surface area (Å²) in [4.78, 5) is 12.0. The highest BCUT2D eigenvalue weighted by molar-refractivity contribution is 5.77. The molecular formula is C18H25NO2. The number of benzene rings is 1. The summed E-state index contributed by atoms with van der Waals surface area (Å²) in [7, 11) is 0. The lowest BCUT2D eigenvalue weighted by Crippen LogP contribution is -2.39. The Hall–Kier alpha value is -1.51. The van der Waals surface area contributed by atoms with Crippen LogP contribution >= 0.6 is 0 Å². The Morgan fingerprint density at radius 3 is 2.76 bits per heavy atom. The zero-order valence-electron chi connectivity index (χ0n) is 12.7. The van der Waals surface area contributed by atoms with E-state index in [1.54, 1.807) is 0 Å². The first kappa shape index (κ1) is 14.4. The van der Waals surface area contributed by atoms with E-state index in [0.717, 1.165) is 31.4 Å². The second-order valence-corrected chi connectivity index (χ2v) is 6.29. The third kappa shape index (κ3) is 3.78. The highest BCUT2D eigenvalue weighted by Crippen LogP contribution is 2.29. The molecule has 2 aliphatic carbocycles. The molecule has 1 amide bonds. The third-order valence-corrected chi connectivity index (χ3v) is 4.68. The molecule has 0 heterocycles. The molecule has 3 rings (SSSR count). The van der Waals surface area contributed by atoms with E-state index in [2.05, 4.69) is 11.4 Å². The lowest BCUT2D eigenvalue weighted by molar-refractivity contribution is -0.124. The number of rotatable bonds is 4. The van der Waals surface area contributed by atoms with Crippen LogP contribution in [-0.2, 0) is 17.6 Å². The zero-order chi connectivity index (χ0) is 14.5. The van der Waals surface area contributed by atoms with Gasteiger partial charge in [-0.1, -0.05) is 31.4 Å². The molecule has 0 spiro atoms. The molecule has 2 aliphatic rings. The van der Waals surface area contributed by atoms with Gasteiger partial charge in [-0.2, -0.15) is 0 Å². The van der Waals surface area contributed by atoms with Crippen molar-refractivity contribution < 1.29 is 9.53 Å². The van der Waals surface area contributed by atoms with Gasteiger partial charge in [-0.15, -0.1) is 0 Å². The summed E-state index contributed by atoms with van der Waals surface area (Å²) in [5, 5.41) is 3.11. The van der Waals surface area contributed by atoms with Gasteiger partial charge in [0, 0.05) is 6.04 Å². The van der Waals surface area contributed by atoms with Gasteiger partial charge in [-0.3, -0.25) is 4.79 Å². The summed E-state index contributed by atoms with van der Waals surface area (Å²) in [6.45, 7) is 0.146. The van der Waals surface area contributed by atoms with Crippen LogP contribution in [0.15, 0.2) is 18.2 Å². The number of hydrogen-bond acceptors (Lipinski definition) is 2. The maximum atomic E-state index is 12.0. The molecule has 1 fully saturated rings. The van der Waals surface area contributed by atoms with Crippen molar-refractivity contribution in [2.24, 2.45) is 0 Å². The first-order chi connectivity index (χ1) is 10.3. The fourth-order valence-electron chi connectivity index (χ4n) is 3.54. The van der Waals surface area contributed by atoms with Gasteiger partial charge in [0.2, 0.25) is 0 Å². The van der Waals surface area contributed by atoms with E-state index < -0.39 is 0 Å². The highest BCUT2D eigenvalue weighted by atomic mass is 16.5. The van der Waals surface area contributed by atoms with Crippen LogP contribution in [0.5, 0.6) is 5.75 Å². The molecule has 0 atom stereocenters. The molecule has 3 heteroatoms. The molecule has 0 radical (unpaired) electrons. The molecule has 0 aromatic heterocycles. The summed E-state index contributed by atoms with van der Waals surface area (Å²) < 4.78 is 5.80. The van der Waals surface area contributed by atoms with Crippen LogP contribution in [0.4, 0.5) is 0 Å². The van der Waals surface area contributed by atoms with Gasteiger partial charge in [0.1, 0.15) is 5.75 Å². The summed E-state index contributed by atoms with van der Waals surface area (Å²) in [5.41, 5.74) is 2.71. The maximum Gasteiger partial charge on any atom is 0.258 e. The van der Waals surface area contributed by atoms with Crippen LogP contribution in [-0.4, -0.2) is 18.6 Å². The Morgan fingerprint density at radius 2 is 1.90 bits per heavy atom. The zero-order valence-corrected chi connectivity index (χ0v) is 12.7. The standard InChI is InChI=1S/C18H25NO2/c20-18(19-15-9-2-1-3-10-15)13-21-17-12-6-8-14-7-4-5-11-16(14)17/h6,8,12,15H,1-5,7,9-11,13H2,(H,19,20). The Balaban J connectivity index is 1.53. The predicted octanol–water partition coefficient (Wildman–Crippen LogP) is 3.39. The van der Waals surface area contributed by atoms with E-state index in [9.17, 15) is 4.79 Å². The Labute approximate surface area is 127 Å². The second-order valence-electron chi connectivity index (χ2n) is 6.29. The smallest absolute Gasteiger partial charge is 0.258 e. The first-order valence-corrected chi connectivity index (χ1v) is 8.36. The van der Waals surface area contributed by atoms with Crippen LogP contribution in [0.3, 0.4) is 0 Å². The number of nitrogens with one attached hydrogen (secondary N) is 1. The topological polar surface area (TPSA) is 38.3 Å². The first-order valence-electron chi connectivity index (χ1n) is 8.36. The average Bonchev–Trinajstić information content (AvgIpc) is 2.54. The molecule has 114 valence electrons. The fraction of sp³-hybridized carbons (Fsp3) is 0.611. The number of ether oxygens (including phenoxy) is 1. The molecule has 1 aromatic carbocycles. The Kier molecular flexibility index (Phi) is 4.79. The monoisotopic (exact) mass is 287 g/mol. The minimum absolute atomic E-state index is 0.0234. The van der Waals surface area contributed by atoms with Gasteiger partial charge in [-0.25, -0.2) is 0 Å². The van der Waals surface area contributed by atoms with Crippen molar-refractivity contribution >= 4 is 5.91 Å². The van der Waals surface area contributed by atoms with Gasteiger partial charge < -0.3 is 10.1 Å². The van der Waals surface area contributed by atoms with Crippen molar-refractivity contribution in [3.05, 3.63) is 29.3 Å². The normalized spacial score (nSPS) is 18.9. The van der Waals surface area contributed by atoms with Crippen LogP contribution in [0.1, 0.15) is 56.1 Å². The van der Waals surface area contributed by atoms with Crippen molar-refractivity contribution in [2.45, 2.75) is 63.8 Å². The number of carbonyl (C=O) groups excluding carboxylic acids is 1. The minimum Gasteiger partial charge on any atom is -0.483 e. The molecule has 0 saturated heterocycles. The van der Waals surface area contributed by atoms with Crippen molar-refractivity contribution in [3.8, 4) is 5.75 Å². The number of fused-ring (bicyclic) bond motifs is 1. The number of carbonyl (C=O) groups is 1. The van der Waals surface area contributed by atoms with E-state index >= 15 is 0 Å². The molecule has 21 heavy (non-hydrogen) atoms. The Morgan fingerprint density at radius 1 is 1.10 bits per heavy atom. The molecule has 3 nitrogen and oxygen atoms in total. The van der Waals surface area contributed by atoms with Crippen LogP contribution < -0.4 is 10.1 Å². The molecule has 0 bridgehead atoms. The number of hydrogen-bond donors (Lipinski definition) is 1. The lowest BCUT2D eigenvalue weighted by atomic mass is 9.91. The quantitative estimate of drug-likeness (QED) is 0.922. The van der Waals surface area contributed by atoms with Gasteiger partial charge >= 0.3 is 0 Å².